The van der Waals surface area contributed by atoms with E-state index in [4.69, 9.17) is 4.74 Å². The smallest absolute Gasteiger partial charge is 0.341 e. The number of hydrogen-bond acceptors (Lipinski definition) is 7. The molecule has 2 N–H and O–H groups in total. The molecule has 0 saturated heterocycles. The first-order valence-corrected chi connectivity index (χ1v) is 13.8. The minimum Gasteiger partial charge on any atom is -0.465 e. The third-order valence-electron chi connectivity index (χ3n) is 6.14. The number of thiophene rings is 1. The van der Waals surface area contributed by atoms with Crippen molar-refractivity contribution in [3.05, 3.63) is 76.2 Å². The lowest BCUT2D eigenvalue weighted by molar-refractivity contribution is -0.129. The normalized spacial score (nSPS) is 13.3. The number of amides is 3. The fourth-order valence-corrected chi connectivity index (χ4v) is 6.36. The fourth-order valence-electron chi connectivity index (χ4n) is 4.18. The standard InChI is InChI=1S/C28H29N3O5S2/c1-17(37-21-11-7-10-20(15-21)29-24(33)14-19-8-5-4-6-9-19)26(34)30-27-25(28(35)36-3)22-12-13-31(18(2)32)16-23(22)38-27/h4-11,15,17H,12-14,16H2,1-3H3,(H,29,33)(H,30,34). The Kier molecular flexibility index (Phi) is 8.85. The summed E-state index contributed by atoms with van der Waals surface area (Å²) in [6, 6.07) is 16.8. The van der Waals surface area contributed by atoms with Crippen molar-refractivity contribution in [2.45, 2.75) is 43.4 Å². The summed E-state index contributed by atoms with van der Waals surface area (Å²) in [6.45, 7) is 4.22. The Bertz CT molecular complexity index is 1360. The molecular formula is C28H29N3O5S2. The van der Waals surface area contributed by atoms with Gasteiger partial charge in [-0.05, 0) is 42.7 Å². The second-order valence-electron chi connectivity index (χ2n) is 8.88. The van der Waals surface area contributed by atoms with Crippen LogP contribution in [0, 0.1) is 0 Å². The summed E-state index contributed by atoms with van der Waals surface area (Å²) < 4.78 is 4.99. The van der Waals surface area contributed by atoms with Crippen molar-refractivity contribution in [2.24, 2.45) is 0 Å². The topological polar surface area (TPSA) is 105 Å². The molecule has 198 valence electrons. The molecule has 2 aromatic carbocycles. The van der Waals surface area contributed by atoms with E-state index in [-0.39, 0.29) is 24.1 Å². The first-order valence-electron chi connectivity index (χ1n) is 12.1. The zero-order chi connectivity index (χ0) is 27.2. The van der Waals surface area contributed by atoms with Crippen LogP contribution >= 0.6 is 23.1 Å². The molecule has 8 nitrogen and oxygen atoms in total. The first kappa shape index (κ1) is 27.4. The molecule has 1 aliphatic rings. The van der Waals surface area contributed by atoms with E-state index >= 15 is 0 Å². The largest absolute Gasteiger partial charge is 0.465 e. The predicted octanol–water partition coefficient (Wildman–Crippen LogP) is 4.74. The average molecular weight is 552 g/mol. The molecule has 0 aliphatic carbocycles. The van der Waals surface area contributed by atoms with Crippen LogP contribution in [0.4, 0.5) is 10.7 Å². The van der Waals surface area contributed by atoms with Crippen molar-refractivity contribution in [1.82, 2.24) is 4.90 Å². The van der Waals surface area contributed by atoms with Gasteiger partial charge < -0.3 is 20.3 Å². The van der Waals surface area contributed by atoms with Gasteiger partial charge in [-0.15, -0.1) is 23.1 Å². The van der Waals surface area contributed by atoms with E-state index in [1.807, 2.05) is 48.5 Å². The van der Waals surface area contributed by atoms with E-state index in [9.17, 15) is 19.2 Å². The number of nitrogens with one attached hydrogen (secondary N) is 2. The van der Waals surface area contributed by atoms with Gasteiger partial charge in [0.1, 0.15) is 5.00 Å². The summed E-state index contributed by atoms with van der Waals surface area (Å²) in [6.07, 6.45) is 0.799. The van der Waals surface area contributed by atoms with Crippen LogP contribution in [0.25, 0.3) is 0 Å². The lowest BCUT2D eigenvalue weighted by Crippen LogP contribution is -2.33. The molecule has 38 heavy (non-hydrogen) atoms. The Labute approximate surface area is 229 Å². The van der Waals surface area contributed by atoms with Gasteiger partial charge in [0.25, 0.3) is 0 Å². The van der Waals surface area contributed by atoms with E-state index in [1.165, 1.54) is 37.1 Å². The highest BCUT2D eigenvalue weighted by Gasteiger charge is 2.30. The van der Waals surface area contributed by atoms with Gasteiger partial charge in [0, 0.05) is 28.9 Å². The van der Waals surface area contributed by atoms with Crippen LogP contribution in [0.3, 0.4) is 0 Å². The summed E-state index contributed by atoms with van der Waals surface area (Å²) >= 11 is 2.65. The van der Waals surface area contributed by atoms with Crippen LogP contribution in [-0.2, 0) is 38.5 Å². The van der Waals surface area contributed by atoms with E-state index < -0.39 is 11.2 Å². The molecule has 0 saturated carbocycles. The highest BCUT2D eigenvalue weighted by Crippen LogP contribution is 2.38. The van der Waals surface area contributed by atoms with Crippen LogP contribution in [0.15, 0.2) is 59.5 Å². The van der Waals surface area contributed by atoms with Gasteiger partial charge in [0.15, 0.2) is 0 Å². The van der Waals surface area contributed by atoms with E-state index in [0.29, 0.717) is 35.8 Å². The molecule has 0 spiro atoms. The Morgan fingerprint density at radius 2 is 1.84 bits per heavy atom. The quantitative estimate of drug-likeness (QED) is 0.310. The lowest BCUT2D eigenvalue weighted by atomic mass is 10.0. The number of nitrogens with zero attached hydrogens (tertiary/aromatic N) is 1. The summed E-state index contributed by atoms with van der Waals surface area (Å²) in [5.74, 6) is -0.920. The van der Waals surface area contributed by atoms with Gasteiger partial charge in [0.2, 0.25) is 17.7 Å². The number of benzene rings is 2. The number of thioether (sulfide) groups is 1. The molecule has 1 aliphatic heterocycles. The number of ether oxygens (including phenoxy) is 1. The van der Waals surface area contributed by atoms with Crippen LogP contribution in [0.2, 0.25) is 0 Å². The van der Waals surface area contributed by atoms with E-state index in [2.05, 4.69) is 10.6 Å². The van der Waals surface area contributed by atoms with Gasteiger partial charge in [-0.25, -0.2) is 4.79 Å². The number of hydrogen-bond donors (Lipinski definition) is 2. The highest BCUT2D eigenvalue weighted by molar-refractivity contribution is 8.00. The Balaban J connectivity index is 1.42. The van der Waals surface area contributed by atoms with Gasteiger partial charge in [-0.3, -0.25) is 14.4 Å². The van der Waals surface area contributed by atoms with Gasteiger partial charge in [-0.2, -0.15) is 0 Å². The van der Waals surface area contributed by atoms with Crippen molar-refractivity contribution < 1.29 is 23.9 Å². The second kappa shape index (κ2) is 12.3. The molecular weight excluding hydrogens is 522 g/mol. The van der Waals surface area contributed by atoms with Crippen molar-refractivity contribution in [2.75, 3.05) is 24.3 Å². The second-order valence-corrected chi connectivity index (χ2v) is 11.4. The van der Waals surface area contributed by atoms with Crippen molar-refractivity contribution in [3.63, 3.8) is 0 Å². The van der Waals surface area contributed by atoms with Crippen molar-refractivity contribution >= 4 is 57.5 Å². The maximum atomic E-state index is 13.1. The van der Waals surface area contributed by atoms with Crippen LogP contribution in [-0.4, -0.2) is 47.5 Å². The van der Waals surface area contributed by atoms with Crippen LogP contribution in [0.5, 0.6) is 0 Å². The number of esters is 1. The molecule has 2 heterocycles. The molecule has 4 rings (SSSR count). The van der Waals surface area contributed by atoms with Crippen LogP contribution in [0.1, 0.15) is 40.2 Å². The number of rotatable bonds is 8. The Morgan fingerprint density at radius 1 is 1.08 bits per heavy atom. The maximum absolute atomic E-state index is 13.1. The summed E-state index contributed by atoms with van der Waals surface area (Å²) in [4.78, 5) is 53.4. The Hall–Kier alpha value is -3.63. The predicted molar refractivity (Wildman–Crippen MR) is 150 cm³/mol. The minimum atomic E-state index is -0.506. The molecule has 0 bridgehead atoms. The number of carbonyl (C=O) groups excluding carboxylic acids is 4. The summed E-state index contributed by atoms with van der Waals surface area (Å²) in [7, 11) is 1.31. The van der Waals surface area contributed by atoms with Crippen LogP contribution < -0.4 is 10.6 Å². The average Bonchev–Trinajstić information content (AvgIpc) is 3.25. The van der Waals surface area contributed by atoms with E-state index in [1.54, 1.807) is 17.9 Å². The minimum absolute atomic E-state index is 0.0299. The molecule has 0 radical (unpaired) electrons. The third kappa shape index (κ3) is 6.62. The van der Waals surface area contributed by atoms with Gasteiger partial charge in [0.05, 0.1) is 30.9 Å². The maximum Gasteiger partial charge on any atom is 0.341 e. The monoisotopic (exact) mass is 551 g/mol. The molecule has 0 fully saturated rings. The summed E-state index contributed by atoms with van der Waals surface area (Å²) in [5, 5.41) is 5.77. The highest BCUT2D eigenvalue weighted by atomic mass is 32.2. The molecule has 3 amide bonds. The number of methoxy groups -OCH3 is 1. The Morgan fingerprint density at radius 3 is 2.55 bits per heavy atom. The SMILES string of the molecule is COC(=O)c1c(NC(=O)C(C)Sc2cccc(NC(=O)Cc3ccccc3)c2)sc2c1CCN(C(C)=O)C2. The number of fused-ring (bicyclic) bond motifs is 1. The van der Waals surface area contributed by atoms with Gasteiger partial charge in [-0.1, -0.05) is 36.4 Å². The first-order chi connectivity index (χ1) is 18.2. The molecule has 10 heteroatoms. The van der Waals surface area contributed by atoms with Crippen molar-refractivity contribution in [1.29, 1.82) is 0 Å². The zero-order valence-corrected chi connectivity index (χ0v) is 23.0. The lowest BCUT2D eigenvalue weighted by Gasteiger charge is -2.25. The van der Waals surface area contributed by atoms with Gasteiger partial charge >= 0.3 is 5.97 Å². The van der Waals surface area contributed by atoms with Crippen molar-refractivity contribution in [3.8, 4) is 0 Å². The summed E-state index contributed by atoms with van der Waals surface area (Å²) in [5.41, 5.74) is 2.77. The number of carbonyl (C=O) groups is 4. The van der Waals surface area contributed by atoms with E-state index in [0.717, 1.165) is 20.9 Å². The zero-order valence-electron chi connectivity index (χ0n) is 21.4. The molecule has 3 aromatic rings. The molecule has 1 aromatic heterocycles. The molecule has 1 unspecified atom stereocenters. The third-order valence-corrected chi connectivity index (χ3v) is 8.36. The molecule has 1 atom stereocenters. The number of anilines is 2. The fraction of sp³-hybridized carbons (Fsp3) is 0.286.